The second-order valence-corrected chi connectivity index (χ2v) is 13.6. The minimum absolute atomic E-state index is 0.155. The van der Waals surface area contributed by atoms with Crippen LogP contribution < -0.4 is 0 Å². The zero-order valence-corrected chi connectivity index (χ0v) is 26.7. The first-order valence-electron chi connectivity index (χ1n) is 16.3. The highest BCUT2D eigenvalue weighted by Crippen LogP contribution is 2.46. The monoisotopic (exact) mass is 630 g/mol. The van der Waals surface area contributed by atoms with Crippen molar-refractivity contribution >= 4 is 74.6 Å². The molecule has 224 valence electrons. The van der Waals surface area contributed by atoms with Crippen molar-refractivity contribution in [2.24, 2.45) is 0 Å². The summed E-state index contributed by atoms with van der Waals surface area (Å²) in [4.78, 5) is 0. The molecule has 0 bridgehead atoms. The van der Waals surface area contributed by atoms with Crippen LogP contribution in [-0.2, 0) is 0 Å². The SMILES string of the molecule is Fc1c2ccccc2c(-c2ccc3c(c2)sc2ccc(-c4c5ccccc5c(-c5ccccc5)c5ccccc45)cc23)c2ccccc12. The maximum absolute atomic E-state index is 15.6. The van der Waals surface area contributed by atoms with E-state index in [1.807, 2.05) is 59.9 Å². The molecule has 1 heterocycles. The maximum Gasteiger partial charge on any atom is 0.138 e. The van der Waals surface area contributed by atoms with Crippen molar-refractivity contribution in [3.05, 3.63) is 170 Å². The van der Waals surface area contributed by atoms with Gasteiger partial charge in [-0.05, 0) is 83.9 Å². The molecule has 10 aromatic rings. The fraction of sp³-hybridized carbons (Fsp3) is 0. The van der Waals surface area contributed by atoms with E-state index in [1.54, 1.807) is 0 Å². The fourth-order valence-electron chi connectivity index (χ4n) is 7.83. The Morgan fingerprint density at radius 2 is 0.708 bits per heavy atom. The van der Waals surface area contributed by atoms with Crippen LogP contribution in [0.25, 0.3) is 96.6 Å². The van der Waals surface area contributed by atoms with Crippen LogP contribution in [0.5, 0.6) is 0 Å². The third kappa shape index (κ3) is 4.00. The number of hydrogen-bond donors (Lipinski definition) is 0. The van der Waals surface area contributed by atoms with Gasteiger partial charge in [0.05, 0.1) is 0 Å². The van der Waals surface area contributed by atoms with Gasteiger partial charge >= 0.3 is 0 Å². The van der Waals surface area contributed by atoms with Crippen molar-refractivity contribution in [2.75, 3.05) is 0 Å². The van der Waals surface area contributed by atoms with E-state index >= 15 is 4.39 Å². The van der Waals surface area contributed by atoms with Crippen molar-refractivity contribution in [3.8, 4) is 33.4 Å². The summed E-state index contributed by atoms with van der Waals surface area (Å²) in [6, 6.07) is 57.8. The third-order valence-electron chi connectivity index (χ3n) is 9.91. The quantitative estimate of drug-likeness (QED) is 0.170. The van der Waals surface area contributed by atoms with E-state index in [0.29, 0.717) is 10.8 Å². The van der Waals surface area contributed by atoms with Gasteiger partial charge in [-0.25, -0.2) is 4.39 Å². The van der Waals surface area contributed by atoms with Crippen LogP contribution in [0.4, 0.5) is 4.39 Å². The molecule has 0 nitrogen and oxygen atoms in total. The summed E-state index contributed by atoms with van der Waals surface area (Å²) in [6.45, 7) is 0. The lowest BCUT2D eigenvalue weighted by Crippen LogP contribution is -1.90. The molecule has 0 saturated heterocycles. The molecule has 0 fully saturated rings. The molecule has 48 heavy (non-hydrogen) atoms. The van der Waals surface area contributed by atoms with E-state index in [0.717, 1.165) is 21.9 Å². The van der Waals surface area contributed by atoms with Gasteiger partial charge in [0, 0.05) is 30.9 Å². The molecule has 0 amide bonds. The fourth-order valence-corrected chi connectivity index (χ4v) is 8.96. The first-order valence-corrected chi connectivity index (χ1v) is 17.1. The molecular formula is C46H27FS. The number of benzene rings is 9. The first-order chi connectivity index (χ1) is 23.7. The summed E-state index contributed by atoms with van der Waals surface area (Å²) in [5.74, 6) is -0.155. The van der Waals surface area contributed by atoms with E-state index in [4.69, 9.17) is 0 Å². The zero-order valence-electron chi connectivity index (χ0n) is 25.9. The summed E-state index contributed by atoms with van der Waals surface area (Å²) >= 11 is 1.82. The van der Waals surface area contributed by atoms with Crippen LogP contribution in [0, 0.1) is 5.82 Å². The minimum atomic E-state index is -0.155. The first kappa shape index (κ1) is 27.3. The number of halogens is 1. The van der Waals surface area contributed by atoms with Crippen LogP contribution >= 0.6 is 11.3 Å². The molecule has 0 radical (unpaired) electrons. The van der Waals surface area contributed by atoms with Crippen molar-refractivity contribution in [2.45, 2.75) is 0 Å². The van der Waals surface area contributed by atoms with Gasteiger partial charge in [0.25, 0.3) is 0 Å². The highest BCUT2D eigenvalue weighted by atomic mass is 32.1. The van der Waals surface area contributed by atoms with Crippen LogP contribution in [-0.4, -0.2) is 0 Å². The topological polar surface area (TPSA) is 0 Å². The predicted octanol–water partition coefficient (Wildman–Crippen LogP) is 13.8. The van der Waals surface area contributed by atoms with Gasteiger partial charge in [-0.1, -0.05) is 146 Å². The van der Waals surface area contributed by atoms with Crippen molar-refractivity contribution < 1.29 is 4.39 Å². The molecule has 9 aromatic carbocycles. The molecule has 2 heteroatoms. The van der Waals surface area contributed by atoms with Crippen LogP contribution in [0.2, 0.25) is 0 Å². The lowest BCUT2D eigenvalue weighted by molar-refractivity contribution is 0.651. The van der Waals surface area contributed by atoms with Crippen LogP contribution in [0.3, 0.4) is 0 Å². The largest absolute Gasteiger partial charge is 0.206 e. The van der Waals surface area contributed by atoms with E-state index in [2.05, 4.69) is 115 Å². The van der Waals surface area contributed by atoms with Gasteiger partial charge in [-0.3, -0.25) is 0 Å². The normalized spacial score (nSPS) is 11.9. The van der Waals surface area contributed by atoms with Crippen LogP contribution in [0.15, 0.2) is 164 Å². The van der Waals surface area contributed by atoms with Gasteiger partial charge in [-0.2, -0.15) is 0 Å². The lowest BCUT2D eigenvalue weighted by Gasteiger charge is -2.17. The van der Waals surface area contributed by atoms with Gasteiger partial charge in [0.15, 0.2) is 0 Å². The van der Waals surface area contributed by atoms with E-state index < -0.39 is 0 Å². The zero-order chi connectivity index (χ0) is 31.8. The Bertz CT molecular complexity index is 2780. The van der Waals surface area contributed by atoms with Gasteiger partial charge in [0.1, 0.15) is 5.82 Å². The van der Waals surface area contributed by atoms with Crippen molar-refractivity contribution in [1.82, 2.24) is 0 Å². The van der Waals surface area contributed by atoms with Gasteiger partial charge in [-0.15, -0.1) is 11.3 Å². The molecule has 0 N–H and O–H groups in total. The van der Waals surface area contributed by atoms with E-state index in [9.17, 15) is 0 Å². The smallest absolute Gasteiger partial charge is 0.138 e. The standard InChI is InChI=1S/C46H27FS/c47-46-38-20-10-8-18-36(38)45(37-19-9-11-21-39(37)46)30-22-24-31-40-26-29(23-25-41(40)48-42(31)27-30)44-34-16-6-4-14-32(34)43(28-12-2-1-3-13-28)33-15-5-7-17-35(33)44/h1-27H. The molecule has 0 aliphatic heterocycles. The predicted molar refractivity (Wildman–Crippen MR) is 206 cm³/mol. The van der Waals surface area contributed by atoms with Gasteiger partial charge < -0.3 is 0 Å². The molecule has 0 aliphatic carbocycles. The molecule has 0 atom stereocenters. The van der Waals surface area contributed by atoms with Crippen molar-refractivity contribution in [1.29, 1.82) is 0 Å². The Kier molecular flexibility index (Phi) is 6.03. The highest BCUT2D eigenvalue weighted by Gasteiger charge is 2.19. The average Bonchev–Trinajstić information content (AvgIpc) is 3.51. The molecule has 0 aliphatic rings. The second-order valence-electron chi connectivity index (χ2n) is 12.5. The minimum Gasteiger partial charge on any atom is -0.206 e. The summed E-state index contributed by atoms with van der Waals surface area (Å²) < 4.78 is 18.1. The number of thiophene rings is 1. The number of fused-ring (bicyclic) bond motifs is 7. The Morgan fingerprint density at radius 3 is 1.25 bits per heavy atom. The van der Waals surface area contributed by atoms with Gasteiger partial charge in [0.2, 0.25) is 0 Å². The lowest BCUT2D eigenvalue weighted by atomic mass is 9.86. The molecule has 0 saturated carbocycles. The Labute approximate surface area is 280 Å². The molecule has 1 aromatic heterocycles. The van der Waals surface area contributed by atoms with Crippen LogP contribution in [0.1, 0.15) is 0 Å². The molecule has 0 spiro atoms. The van der Waals surface area contributed by atoms with Crippen molar-refractivity contribution in [3.63, 3.8) is 0 Å². The summed E-state index contributed by atoms with van der Waals surface area (Å²) in [5.41, 5.74) is 7.18. The van der Waals surface area contributed by atoms with E-state index in [1.165, 1.54) is 64.0 Å². The number of hydrogen-bond acceptors (Lipinski definition) is 1. The number of rotatable bonds is 3. The van der Waals surface area contributed by atoms with E-state index in [-0.39, 0.29) is 5.82 Å². The highest BCUT2D eigenvalue weighted by molar-refractivity contribution is 7.25. The molecular weight excluding hydrogens is 604 g/mol. The summed E-state index contributed by atoms with van der Waals surface area (Å²) in [7, 11) is 0. The maximum atomic E-state index is 15.6. The molecule has 10 rings (SSSR count). The molecule has 0 unspecified atom stereocenters. The summed E-state index contributed by atoms with van der Waals surface area (Å²) in [5, 5.41) is 10.7. The second kappa shape index (κ2) is 10.6. The summed E-state index contributed by atoms with van der Waals surface area (Å²) in [6.07, 6.45) is 0. The Balaban J connectivity index is 1.21. The third-order valence-corrected chi connectivity index (χ3v) is 11.0. The average molecular weight is 631 g/mol. The Morgan fingerprint density at radius 1 is 0.292 bits per heavy atom. The Hall–Kier alpha value is -5.83.